The number of hydrogen-bond donors (Lipinski definition) is 2. The van der Waals surface area contributed by atoms with E-state index in [-0.39, 0.29) is 18.9 Å². The van der Waals surface area contributed by atoms with Gasteiger partial charge in [0.2, 0.25) is 0 Å². The van der Waals surface area contributed by atoms with Crippen LogP contribution in [0.3, 0.4) is 0 Å². The summed E-state index contributed by atoms with van der Waals surface area (Å²) in [5.74, 6) is -0.346. The number of carbonyl (C=O) groups excluding carboxylic acids is 2. The molecule has 10 nitrogen and oxygen atoms in total. The molecule has 3 heterocycles. The average Bonchev–Trinajstić information content (AvgIpc) is 3.40. The van der Waals surface area contributed by atoms with Crippen LogP contribution in [0, 0.1) is 12.7 Å². The van der Waals surface area contributed by atoms with Crippen LogP contribution in [0.2, 0.25) is 0 Å². The van der Waals surface area contributed by atoms with Gasteiger partial charge in [-0.25, -0.2) is 23.9 Å². The van der Waals surface area contributed by atoms with Crippen molar-refractivity contribution in [2.75, 3.05) is 25.6 Å². The molecular weight excluding hydrogens is 503 g/mol. The molecule has 1 aromatic carbocycles. The molecule has 2 N–H and O–H groups in total. The van der Waals surface area contributed by atoms with Gasteiger partial charge in [0.25, 0.3) is 0 Å². The van der Waals surface area contributed by atoms with E-state index in [1.807, 2.05) is 0 Å². The average molecular weight is 533 g/mol. The first-order chi connectivity index (χ1) is 17.5. The predicted octanol–water partition coefficient (Wildman–Crippen LogP) is 4.42. The number of aryl methyl sites for hydroxylation is 1. The van der Waals surface area contributed by atoms with Crippen LogP contribution >= 0.6 is 11.3 Å². The number of aliphatic hydroxyl groups is 1. The first kappa shape index (κ1) is 26.6. The molecule has 1 saturated heterocycles. The van der Waals surface area contributed by atoms with E-state index in [0.717, 1.165) is 0 Å². The second-order valence-corrected chi connectivity index (χ2v) is 10.7. The fourth-order valence-electron chi connectivity index (χ4n) is 4.13. The quantitative estimate of drug-likeness (QED) is 0.444. The number of ether oxygens (including phenoxy) is 3. The number of hydrogen-bond acceptors (Lipinski definition) is 10. The minimum Gasteiger partial charge on any atom is -0.486 e. The van der Waals surface area contributed by atoms with Crippen molar-refractivity contribution in [2.45, 2.75) is 51.9 Å². The third kappa shape index (κ3) is 5.75. The first-order valence-corrected chi connectivity index (χ1v) is 12.5. The lowest BCUT2D eigenvalue weighted by Crippen LogP contribution is -2.41. The number of nitrogens with zero attached hydrogens (tertiary/aromatic N) is 3. The van der Waals surface area contributed by atoms with Gasteiger partial charge >= 0.3 is 12.1 Å². The Kier molecular flexibility index (Phi) is 7.51. The zero-order valence-electron chi connectivity index (χ0n) is 21.2. The van der Waals surface area contributed by atoms with E-state index >= 15 is 0 Å². The minimum atomic E-state index is -0.688. The molecule has 1 fully saturated rings. The van der Waals surface area contributed by atoms with Gasteiger partial charge in [-0.3, -0.25) is 4.90 Å². The van der Waals surface area contributed by atoms with E-state index < -0.39 is 35.6 Å². The Morgan fingerprint density at radius 2 is 2.05 bits per heavy atom. The summed E-state index contributed by atoms with van der Waals surface area (Å²) >= 11 is 1.19. The number of anilines is 2. The summed E-state index contributed by atoms with van der Waals surface area (Å²) in [4.78, 5) is 35.8. The molecule has 1 amide bonds. The molecule has 0 spiro atoms. The highest BCUT2D eigenvalue weighted by Crippen LogP contribution is 2.37. The van der Waals surface area contributed by atoms with Crippen LogP contribution < -0.4 is 10.1 Å². The molecule has 12 heteroatoms. The summed E-state index contributed by atoms with van der Waals surface area (Å²) in [5, 5.41) is 13.6. The van der Waals surface area contributed by atoms with Crippen LogP contribution in [0.5, 0.6) is 5.75 Å². The van der Waals surface area contributed by atoms with Gasteiger partial charge in [0.15, 0.2) is 0 Å². The summed E-state index contributed by atoms with van der Waals surface area (Å²) in [6.45, 7) is 6.98. The number of nitrogens with one attached hydrogen (secondary N) is 1. The van der Waals surface area contributed by atoms with Crippen molar-refractivity contribution >= 4 is 45.1 Å². The van der Waals surface area contributed by atoms with Crippen molar-refractivity contribution < 1.29 is 33.3 Å². The number of thiophene rings is 1. The van der Waals surface area contributed by atoms with Gasteiger partial charge in [-0.2, -0.15) is 0 Å². The van der Waals surface area contributed by atoms with Crippen molar-refractivity contribution in [3.05, 3.63) is 40.8 Å². The van der Waals surface area contributed by atoms with Gasteiger partial charge in [0.1, 0.15) is 45.1 Å². The van der Waals surface area contributed by atoms with E-state index in [9.17, 15) is 19.1 Å². The number of halogens is 1. The largest absolute Gasteiger partial charge is 0.486 e. The van der Waals surface area contributed by atoms with Crippen molar-refractivity contribution in [1.82, 2.24) is 14.9 Å². The van der Waals surface area contributed by atoms with Crippen LogP contribution in [-0.2, 0) is 9.47 Å². The Balaban J connectivity index is 1.60. The molecule has 2 atom stereocenters. The molecule has 4 rings (SSSR count). The molecule has 1 aliphatic heterocycles. The number of fused-ring (bicyclic) bond motifs is 1. The SMILES string of the molecule is COC(=O)c1sc2ncnc(Nc3ccc(F)cc3OC3CC(CO)N(C(=O)OC(C)(C)C)C3)c2c1C. The van der Waals surface area contributed by atoms with Crippen LogP contribution in [0.4, 0.5) is 20.7 Å². The molecular formula is C25H29FN4O6S. The Morgan fingerprint density at radius 3 is 2.73 bits per heavy atom. The van der Waals surface area contributed by atoms with E-state index in [0.29, 0.717) is 38.6 Å². The zero-order chi connectivity index (χ0) is 26.9. The highest BCUT2D eigenvalue weighted by atomic mass is 32.1. The number of carbonyl (C=O) groups is 2. The summed E-state index contributed by atoms with van der Waals surface area (Å²) in [6, 6.07) is 3.56. The van der Waals surface area contributed by atoms with Crippen LogP contribution in [0.1, 0.15) is 42.4 Å². The Labute approximate surface area is 217 Å². The predicted molar refractivity (Wildman–Crippen MR) is 136 cm³/mol. The molecule has 0 bridgehead atoms. The molecule has 1 aliphatic rings. The van der Waals surface area contributed by atoms with E-state index in [1.54, 1.807) is 27.7 Å². The number of esters is 1. The highest BCUT2D eigenvalue weighted by molar-refractivity contribution is 7.20. The number of rotatable bonds is 6. The second kappa shape index (κ2) is 10.5. The van der Waals surface area contributed by atoms with Crippen molar-refractivity contribution in [3.8, 4) is 5.75 Å². The van der Waals surface area contributed by atoms with E-state index in [4.69, 9.17) is 14.2 Å². The summed E-state index contributed by atoms with van der Waals surface area (Å²) in [7, 11) is 1.31. The Morgan fingerprint density at radius 1 is 1.30 bits per heavy atom. The first-order valence-electron chi connectivity index (χ1n) is 11.7. The van der Waals surface area contributed by atoms with Crippen molar-refractivity contribution in [3.63, 3.8) is 0 Å². The van der Waals surface area contributed by atoms with Gasteiger partial charge in [-0.05, 0) is 45.4 Å². The lowest BCUT2D eigenvalue weighted by molar-refractivity contribution is 0.0165. The molecule has 2 aromatic heterocycles. The Bertz CT molecular complexity index is 1320. The summed E-state index contributed by atoms with van der Waals surface area (Å²) < 4.78 is 30.7. The van der Waals surface area contributed by atoms with E-state index in [2.05, 4.69) is 15.3 Å². The third-order valence-corrected chi connectivity index (χ3v) is 6.98. The normalized spacial score (nSPS) is 17.6. The minimum absolute atomic E-state index is 0.167. The molecule has 0 saturated carbocycles. The van der Waals surface area contributed by atoms with Gasteiger partial charge < -0.3 is 24.6 Å². The van der Waals surface area contributed by atoms with Gasteiger partial charge in [0.05, 0.1) is 37.4 Å². The molecule has 198 valence electrons. The number of aromatic nitrogens is 2. The number of amides is 1. The lowest BCUT2D eigenvalue weighted by Gasteiger charge is -2.27. The van der Waals surface area contributed by atoms with Crippen LogP contribution in [-0.4, -0.2) is 70.0 Å². The smallest absolute Gasteiger partial charge is 0.410 e. The second-order valence-electron chi connectivity index (χ2n) is 9.66. The van der Waals surface area contributed by atoms with Crippen molar-refractivity contribution in [1.29, 1.82) is 0 Å². The lowest BCUT2D eigenvalue weighted by atomic mass is 10.2. The zero-order valence-corrected chi connectivity index (χ0v) is 22.0. The number of likely N-dealkylation sites (tertiary alicyclic amines) is 1. The molecule has 3 aromatic rings. The van der Waals surface area contributed by atoms with E-state index in [1.165, 1.54) is 47.9 Å². The van der Waals surface area contributed by atoms with Crippen LogP contribution in [0.15, 0.2) is 24.5 Å². The number of benzene rings is 1. The maximum atomic E-state index is 14.2. The van der Waals surface area contributed by atoms with Gasteiger partial charge in [0, 0.05) is 12.5 Å². The molecule has 0 aliphatic carbocycles. The summed E-state index contributed by atoms with van der Waals surface area (Å²) in [6.07, 6.45) is 0.655. The maximum absolute atomic E-state index is 14.2. The molecule has 37 heavy (non-hydrogen) atoms. The fraction of sp³-hybridized carbons (Fsp3) is 0.440. The standard InChI is InChI=1S/C25H29FN4O6S/c1-13-19-21(27-12-28-22(19)37-20(13)23(32)34-5)29-17-7-6-14(26)8-18(17)35-16-9-15(11-31)30(10-16)24(33)36-25(2,3)4/h6-8,12,15-16,31H,9-11H2,1-5H3,(H,27,28,29). The number of methoxy groups -OCH3 is 1. The fourth-order valence-corrected chi connectivity index (χ4v) is 5.20. The third-order valence-electron chi connectivity index (χ3n) is 5.80. The van der Waals surface area contributed by atoms with Crippen molar-refractivity contribution in [2.24, 2.45) is 0 Å². The monoisotopic (exact) mass is 532 g/mol. The van der Waals surface area contributed by atoms with Crippen LogP contribution in [0.25, 0.3) is 10.2 Å². The number of aliphatic hydroxyl groups excluding tert-OH is 1. The maximum Gasteiger partial charge on any atom is 0.410 e. The highest BCUT2D eigenvalue weighted by Gasteiger charge is 2.38. The molecule has 0 radical (unpaired) electrons. The van der Waals surface area contributed by atoms with Gasteiger partial charge in [-0.15, -0.1) is 11.3 Å². The van der Waals surface area contributed by atoms with Gasteiger partial charge in [-0.1, -0.05) is 0 Å². The topological polar surface area (TPSA) is 123 Å². The Hall–Kier alpha value is -3.51. The molecule has 2 unspecified atom stereocenters. The summed E-state index contributed by atoms with van der Waals surface area (Å²) in [5.41, 5.74) is 0.406.